The molecule has 1 N–H and O–H groups in total. The van der Waals surface area contributed by atoms with E-state index in [1.165, 1.54) is 24.3 Å². The molecule has 8 atom stereocenters. The number of ketones is 2. The number of hydrogen-bond donors (Lipinski definition) is 1. The minimum Gasteiger partial charge on any atom is -0.438 e. The first kappa shape index (κ1) is 29.6. The first-order chi connectivity index (χ1) is 19.2. The Morgan fingerprint density at radius 2 is 1.85 bits per heavy atom. The number of carbonyl (C=O) groups is 3. The number of aliphatic hydroxyl groups is 1. The van der Waals surface area contributed by atoms with Gasteiger partial charge in [-0.1, -0.05) is 37.6 Å². The fourth-order valence-corrected chi connectivity index (χ4v) is 9.08. The average molecular weight is 591 g/mol. The van der Waals surface area contributed by atoms with E-state index < -0.39 is 69.2 Å². The largest absolute Gasteiger partial charge is 0.509 e. The Morgan fingerprint density at radius 1 is 1.17 bits per heavy atom. The molecule has 0 aliphatic heterocycles. The summed E-state index contributed by atoms with van der Waals surface area (Å²) < 4.78 is 57.0. The minimum absolute atomic E-state index is 0.0217. The number of rotatable bonds is 6. The summed E-state index contributed by atoms with van der Waals surface area (Å²) in [5.41, 5.74) is -2.77. The van der Waals surface area contributed by atoms with Gasteiger partial charge in [0.15, 0.2) is 11.4 Å². The second kappa shape index (κ2) is 10.1. The summed E-state index contributed by atoms with van der Waals surface area (Å²) in [5, 5.41) is 11.6. The predicted octanol–water partition coefficient (Wildman–Crippen LogP) is 4.02. The van der Waals surface area contributed by atoms with Crippen LogP contribution in [0.1, 0.15) is 45.1 Å². The summed E-state index contributed by atoms with van der Waals surface area (Å²) in [6.45, 7) is 4.44. The average Bonchev–Trinajstić information content (AvgIpc) is 3.20. The molecular formula is C30H35FO9S. The summed E-state index contributed by atoms with van der Waals surface area (Å²) >= 11 is 0. The van der Waals surface area contributed by atoms with E-state index in [0.717, 1.165) is 12.7 Å². The quantitative estimate of drug-likeness (QED) is 0.385. The predicted molar refractivity (Wildman–Crippen MR) is 144 cm³/mol. The van der Waals surface area contributed by atoms with Gasteiger partial charge in [0.2, 0.25) is 5.78 Å². The number of hydrogen-bond acceptors (Lipinski definition) is 9. The first-order valence-electron chi connectivity index (χ1n) is 13.7. The first-order valence-corrected chi connectivity index (χ1v) is 15.1. The van der Waals surface area contributed by atoms with Gasteiger partial charge >= 0.3 is 6.16 Å². The highest BCUT2D eigenvalue weighted by molar-refractivity contribution is 7.86. The van der Waals surface area contributed by atoms with Gasteiger partial charge in [0, 0.05) is 16.7 Å². The van der Waals surface area contributed by atoms with E-state index in [1.54, 1.807) is 32.1 Å². The van der Waals surface area contributed by atoms with Crippen LogP contribution in [0.25, 0.3) is 0 Å². The maximum Gasteiger partial charge on any atom is 0.509 e. The lowest BCUT2D eigenvalue weighted by Crippen LogP contribution is -2.64. The van der Waals surface area contributed by atoms with Gasteiger partial charge in [0.05, 0.1) is 18.1 Å². The van der Waals surface area contributed by atoms with E-state index in [1.807, 2.05) is 6.92 Å². The van der Waals surface area contributed by atoms with Crippen LogP contribution in [0.3, 0.4) is 0 Å². The lowest BCUT2D eigenvalue weighted by molar-refractivity contribution is -0.184. The molecule has 3 fully saturated rings. The molecular weight excluding hydrogens is 555 g/mol. The Bertz CT molecular complexity index is 1430. The summed E-state index contributed by atoms with van der Waals surface area (Å²) in [7, 11) is -3.21. The van der Waals surface area contributed by atoms with Gasteiger partial charge in [0.25, 0.3) is 10.1 Å². The number of methoxy groups -OCH3 is 1. The van der Waals surface area contributed by atoms with Crippen LogP contribution in [-0.2, 0) is 33.4 Å². The van der Waals surface area contributed by atoms with Gasteiger partial charge < -0.3 is 14.6 Å². The summed E-state index contributed by atoms with van der Waals surface area (Å²) in [5.74, 6) is -2.29. The number of benzene rings is 1. The molecule has 0 radical (unpaired) electrons. The summed E-state index contributed by atoms with van der Waals surface area (Å²) in [4.78, 5) is 38.4. The molecule has 4 aliphatic rings. The fraction of sp³-hybridized carbons (Fsp3) is 0.567. The molecule has 222 valence electrons. The van der Waals surface area contributed by atoms with Crippen molar-refractivity contribution in [3.05, 3.63) is 53.6 Å². The van der Waals surface area contributed by atoms with Crippen molar-refractivity contribution in [3.63, 3.8) is 0 Å². The maximum absolute atomic E-state index is 15.7. The van der Waals surface area contributed by atoms with Crippen LogP contribution in [0.5, 0.6) is 0 Å². The number of ether oxygens (including phenoxy) is 2. The topological polar surface area (TPSA) is 133 Å². The molecule has 3 saturated carbocycles. The van der Waals surface area contributed by atoms with Gasteiger partial charge in [-0.15, -0.1) is 0 Å². The van der Waals surface area contributed by atoms with Crippen molar-refractivity contribution in [1.29, 1.82) is 0 Å². The van der Waals surface area contributed by atoms with Crippen molar-refractivity contribution in [3.8, 4) is 0 Å². The summed E-state index contributed by atoms with van der Waals surface area (Å²) in [6, 6.07) is 5.94. The minimum atomic E-state index is -4.31. The Morgan fingerprint density at radius 3 is 2.51 bits per heavy atom. The zero-order valence-electron chi connectivity index (χ0n) is 23.5. The molecule has 0 heterocycles. The highest BCUT2D eigenvalue weighted by Crippen LogP contribution is 2.68. The van der Waals surface area contributed by atoms with Crippen molar-refractivity contribution in [2.24, 2.45) is 28.6 Å². The van der Waals surface area contributed by atoms with Gasteiger partial charge in [0.1, 0.15) is 12.8 Å². The number of Topliss-reactive ketones (excluding diaryl/α,β-unsaturated/α-hetero) is 1. The molecule has 5 rings (SSSR count). The Balaban J connectivity index is 1.49. The van der Waals surface area contributed by atoms with Crippen molar-refractivity contribution >= 4 is 27.8 Å². The van der Waals surface area contributed by atoms with Crippen LogP contribution < -0.4 is 0 Å². The van der Waals surface area contributed by atoms with E-state index in [9.17, 15) is 27.9 Å². The summed E-state index contributed by atoms with van der Waals surface area (Å²) in [6.07, 6.45) is 1.23. The van der Waals surface area contributed by atoms with Gasteiger partial charge in [-0.2, -0.15) is 8.42 Å². The highest BCUT2D eigenvalue weighted by atomic mass is 32.2. The van der Waals surface area contributed by atoms with E-state index in [4.69, 9.17) is 13.7 Å². The monoisotopic (exact) mass is 590 g/mol. The SMILES string of the molecule is COC(=O)O[C@]1(C(=O)COS(=O)(=O)c2ccc(C)cc2)CC[C@H]2[C@@H]3C[C@H](F)C4=CC(=O)C=C[C@]4(C)[C@H]3C(O)C[C@@]21C. The van der Waals surface area contributed by atoms with Gasteiger partial charge in [-0.25, -0.2) is 9.18 Å². The molecule has 41 heavy (non-hydrogen) atoms. The maximum atomic E-state index is 15.7. The lowest BCUT2D eigenvalue weighted by atomic mass is 9.46. The molecule has 0 aromatic heterocycles. The number of fused-ring (bicyclic) bond motifs is 5. The molecule has 0 bridgehead atoms. The molecule has 9 nitrogen and oxygen atoms in total. The second-order valence-corrected chi connectivity index (χ2v) is 13.8. The molecule has 0 spiro atoms. The van der Waals surface area contributed by atoms with Crippen molar-refractivity contribution < 1.29 is 46.0 Å². The number of halogens is 1. The normalized spacial score (nSPS) is 37.9. The molecule has 0 amide bonds. The third kappa shape index (κ3) is 4.56. The van der Waals surface area contributed by atoms with Crippen LogP contribution in [0.4, 0.5) is 9.18 Å². The smallest absolute Gasteiger partial charge is 0.438 e. The second-order valence-electron chi connectivity index (χ2n) is 12.2. The van der Waals surface area contributed by atoms with E-state index in [2.05, 4.69) is 0 Å². The number of aliphatic hydroxyl groups excluding tert-OH is 1. The Labute approximate surface area is 238 Å². The zero-order valence-corrected chi connectivity index (χ0v) is 24.3. The lowest BCUT2D eigenvalue weighted by Gasteiger charge is -2.60. The van der Waals surface area contributed by atoms with Gasteiger partial charge in [-0.3, -0.25) is 13.8 Å². The van der Waals surface area contributed by atoms with E-state index in [-0.39, 0.29) is 35.9 Å². The number of alkyl halides is 1. The molecule has 1 aromatic rings. The third-order valence-electron chi connectivity index (χ3n) is 10.1. The Kier molecular flexibility index (Phi) is 7.31. The van der Waals surface area contributed by atoms with E-state index in [0.29, 0.717) is 12.0 Å². The van der Waals surface area contributed by atoms with Crippen LogP contribution >= 0.6 is 0 Å². The number of carbonyl (C=O) groups excluding carboxylic acids is 3. The van der Waals surface area contributed by atoms with Crippen LogP contribution in [0, 0.1) is 35.5 Å². The number of aryl methyl sites for hydroxylation is 1. The highest BCUT2D eigenvalue weighted by Gasteiger charge is 2.71. The molecule has 1 aromatic carbocycles. The zero-order chi connectivity index (χ0) is 30.0. The Hall–Kier alpha value is -2.89. The molecule has 11 heteroatoms. The van der Waals surface area contributed by atoms with Gasteiger partial charge in [-0.05, 0) is 74.3 Å². The standard InChI is InChI=1S/C30H35FO9S/c1-17-5-7-19(8-6-17)41(36,37)39-16-25(34)30(40-27(35)38-4)12-10-21-20-14-23(31)22-13-18(32)9-11-28(22,2)26(20)24(33)15-29(21,30)3/h5-9,11,13,20-21,23-24,26,33H,10,12,14-16H2,1-4H3/t20-,21-,23-,24?,26+,28-,29-,30-/m0/s1. The third-order valence-corrected chi connectivity index (χ3v) is 11.4. The van der Waals surface area contributed by atoms with E-state index >= 15 is 4.39 Å². The fourth-order valence-electron chi connectivity index (χ4n) is 8.21. The van der Waals surface area contributed by atoms with Crippen molar-refractivity contribution in [2.45, 2.75) is 69.2 Å². The molecule has 1 unspecified atom stereocenters. The van der Waals surface area contributed by atoms with Crippen molar-refractivity contribution in [1.82, 2.24) is 0 Å². The number of allylic oxidation sites excluding steroid dienone is 4. The van der Waals surface area contributed by atoms with Crippen LogP contribution in [0.15, 0.2) is 53.0 Å². The molecule has 0 saturated heterocycles. The van der Waals surface area contributed by atoms with Crippen LogP contribution in [-0.4, -0.2) is 62.8 Å². The van der Waals surface area contributed by atoms with Crippen LogP contribution in [0.2, 0.25) is 0 Å². The van der Waals surface area contributed by atoms with Crippen molar-refractivity contribution in [2.75, 3.05) is 13.7 Å². The molecule has 4 aliphatic carbocycles.